The van der Waals surface area contributed by atoms with Gasteiger partial charge in [-0.05, 0) is 25.2 Å². The van der Waals surface area contributed by atoms with Gasteiger partial charge in [-0.25, -0.2) is 0 Å². The van der Waals surface area contributed by atoms with E-state index in [4.69, 9.17) is 4.74 Å². The van der Waals surface area contributed by atoms with E-state index in [1.54, 1.807) is 0 Å². The molecule has 1 aliphatic heterocycles. The van der Waals surface area contributed by atoms with Crippen LogP contribution in [0.2, 0.25) is 0 Å². The van der Waals surface area contributed by atoms with Crippen LogP contribution in [0, 0.1) is 11.8 Å². The molecule has 0 radical (unpaired) electrons. The Kier molecular flexibility index (Phi) is 3.97. The Morgan fingerprint density at radius 3 is 2.80 bits per heavy atom. The molecule has 1 saturated heterocycles. The molecule has 0 aromatic heterocycles. The summed E-state index contributed by atoms with van der Waals surface area (Å²) < 4.78 is 5.28. The molecule has 1 heterocycles. The Balaban J connectivity index is 1.42. The molecule has 1 saturated carbocycles. The number of carbonyl (C=O) groups is 1. The van der Waals surface area contributed by atoms with Crippen molar-refractivity contribution in [1.82, 2.24) is 10.6 Å². The van der Waals surface area contributed by atoms with E-state index in [9.17, 15) is 4.79 Å². The molecule has 0 bridgehead atoms. The smallest absolute Gasteiger partial charge is 0.223 e. The number of amides is 1. The van der Waals surface area contributed by atoms with E-state index in [0.29, 0.717) is 11.8 Å². The highest BCUT2D eigenvalue weighted by molar-refractivity contribution is 5.80. The molecule has 4 nitrogen and oxygen atoms in total. The molecule has 0 aromatic rings. The predicted molar refractivity (Wildman–Crippen MR) is 57.5 cm³/mol. The van der Waals surface area contributed by atoms with Crippen molar-refractivity contribution < 1.29 is 9.53 Å². The monoisotopic (exact) mass is 212 g/mol. The standard InChI is InChI=1S/C11H20N2O2/c14-11(10-1-2-10)13-5-4-12-7-9-3-6-15-8-9/h9-10,12H,1-8H2,(H,13,14). The lowest BCUT2D eigenvalue weighted by Crippen LogP contribution is -2.34. The minimum Gasteiger partial charge on any atom is -0.381 e. The van der Waals surface area contributed by atoms with E-state index in [0.717, 1.165) is 45.7 Å². The second-order valence-corrected chi connectivity index (χ2v) is 4.50. The maximum Gasteiger partial charge on any atom is 0.223 e. The van der Waals surface area contributed by atoms with E-state index >= 15 is 0 Å². The van der Waals surface area contributed by atoms with Crippen molar-refractivity contribution >= 4 is 5.91 Å². The molecule has 0 spiro atoms. The van der Waals surface area contributed by atoms with Crippen LogP contribution in [0.4, 0.5) is 0 Å². The molecule has 15 heavy (non-hydrogen) atoms. The first kappa shape index (κ1) is 10.9. The number of hydrogen-bond donors (Lipinski definition) is 2. The van der Waals surface area contributed by atoms with Crippen LogP contribution >= 0.6 is 0 Å². The van der Waals surface area contributed by atoms with E-state index in [1.165, 1.54) is 6.42 Å². The summed E-state index contributed by atoms with van der Waals surface area (Å²) in [6.07, 6.45) is 3.33. The molecule has 1 atom stereocenters. The zero-order chi connectivity index (χ0) is 10.5. The van der Waals surface area contributed by atoms with Crippen LogP contribution in [0.15, 0.2) is 0 Å². The maximum absolute atomic E-state index is 11.3. The number of rotatable bonds is 6. The van der Waals surface area contributed by atoms with Crippen molar-refractivity contribution in [2.75, 3.05) is 32.8 Å². The highest BCUT2D eigenvalue weighted by Gasteiger charge is 2.28. The average Bonchev–Trinajstić information content (AvgIpc) is 2.97. The maximum atomic E-state index is 11.3. The third-order valence-electron chi connectivity index (χ3n) is 3.01. The Bertz CT molecular complexity index is 211. The van der Waals surface area contributed by atoms with Crippen molar-refractivity contribution in [3.05, 3.63) is 0 Å². The van der Waals surface area contributed by atoms with Gasteiger partial charge < -0.3 is 15.4 Å². The van der Waals surface area contributed by atoms with Crippen molar-refractivity contribution in [2.24, 2.45) is 11.8 Å². The lowest BCUT2D eigenvalue weighted by Gasteiger charge is -2.09. The van der Waals surface area contributed by atoms with Gasteiger partial charge in [0.1, 0.15) is 0 Å². The minimum atomic E-state index is 0.237. The van der Waals surface area contributed by atoms with Gasteiger partial charge in [0.2, 0.25) is 5.91 Å². The lowest BCUT2D eigenvalue weighted by molar-refractivity contribution is -0.122. The van der Waals surface area contributed by atoms with Crippen LogP contribution in [0.1, 0.15) is 19.3 Å². The summed E-state index contributed by atoms with van der Waals surface area (Å²) in [6.45, 7) is 4.43. The third kappa shape index (κ3) is 3.80. The summed E-state index contributed by atoms with van der Waals surface area (Å²) in [5.74, 6) is 1.23. The van der Waals surface area contributed by atoms with Crippen LogP contribution in [0.25, 0.3) is 0 Å². The number of hydrogen-bond acceptors (Lipinski definition) is 3. The highest BCUT2D eigenvalue weighted by atomic mass is 16.5. The molecule has 1 unspecified atom stereocenters. The van der Waals surface area contributed by atoms with Gasteiger partial charge in [-0.1, -0.05) is 0 Å². The molecule has 86 valence electrons. The zero-order valence-electron chi connectivity index (χ0n) is 9.13. The number of carbonyl (C=O) groups excluding carboxylic acids is 1. The number of ether oxygens (including phenoxy) is 1. The molecule has 2 rings (SSSR count). The van der Waals surface area contributed by atoms with Gasteiger partial charge in [0.05, 0.1) is 6.61 Å². The van der Waals surface area contributed by atoms with Gasteiger partial charge in [-0.3, -0.25) is 4.79 Å². The molecule has 2 N–H and O–H groups in total. The first-order valence-electron chi connectivity index (χ1n) is 5.92. The topological polar surface area (TPSA) is 50.4 Å². The molecular formula is C11H20N2O2. The third-order valence-corrected chi connectivity index (χ3v) is 3.01. The largest absolute Gasteiger partial charge is 0.381 e. The SMILES string of the molecule is O=C(NCCNCC1CCOC1)C1CC1. The Morgan fingerprint density at radius 1 is 1.27 bits per heavy atom. The van der Waals surface area contributed by atoms with Gasteiger partial charge >= 0.3 is 0 Å². The van der Waals surface area contributed by atoms with E-state index in [2.05, 4.69) is 10.6 Å². The molecular weight excluding hydrogens is 192 g/mol. The molecule has 1 aliphatic carbocycles. The fourth-order valence-electron chi connectivity index (χ4n) is 1.81. The van der Waals surface area contributed by atoms with E-state index in [-0.39, 0.29) is 5.91 Å². The fourth-order valence-corrected chi connectivity index (χ4v) is 1.81. The molecule has 0 aromatic carbocycles. The molecule has 4 heteroatoms. The highest BCUT2D eigenvalue weighted by Crippen LogP contribution is 2.28. The molecule has 2 fully saturated rings. The van der Waals surface area contributed by atoms with Crippen molar-refractivity contribution in [1.29, 1.82) is 0 Å². The first-order valence-corrected chi connectivity index (χ1v) is 5.92. The summed E-state index contributed by atoms with van der Waals surface area (Å²) in [6, 6.07) is 0. The van der Waals surface area contributed by atoms with Crippen molar-refractivity contribution in [3.63, 3.8) is 0 Å². The van der Waals surface area contributed by atoms with Crippen LogP contribution in [-0.4, -0.2) is 38.8 Å². The van der Waals surface area contributed by atoms with Gasteiger partial charge in [-0.2, -0.15) is 0 Å². The summed E-state index contributed by atoms with van der Waals surface area (Å²) in [5.41, 5.74) is 0. The van der Waals surface area contributed by atoms with Crippen molar-refractivity contribution in [3.8, 4) is 0 Å². The first-order chi connectivity index (χ1) is 7.36. The quantitative estimate of drug-likeness (QED) is 0.616. The Morgan fingerprint density at radius 2 is 2.13 bits per heavy atom. The lowest BCUT2D eigenvalue weighted by atomic mass is 10.1. The minimum absolute atomic E-state index is 0.237. The summed E-state index contributed by atoms with van der Waals surface area (Å²) in [5, 5.41) is 6.28. The van der Waals surface area contributed by atoms with Crippen molar-refractivity contribution in [2.45, 2.75) is 19.3 Å². The Labute approximate surface area is 90.8 Å². The summed E-state index contributed by atoms with van der Waals surface area (Å²) >= 11 is 0. The van der Waals surface area contributed by atoms with E-state index < -0.39 is 0 Å². The normalized spacial score (nSPS) is 25.5. The van der Waals surface area contributed by atoms with Crippen LogP contribution in [0.3, 0.4) is 0 Å². The molecule has 2 aliphatic rings. The van der Waals surface area contributed by atoms with Gasteiger partial charge in [0.15, 0.2) is 0 Å². The Hall–Kier alpha value is -0.610. The second-order valence-electron chi connectivity index (χ2n) is 4.50. The zero-order valence-corrected chi connectivity index (χ0v) is 9.13. The summed E-state index contributed by atoms with van der Waals surface area (Å²) in [4.78, 5) is 11.3. The average molecular weight is 212 g/mol. The van der Waals surface area contributed by atoms with Crippen LogP contribution in [-0.2, 0) is 9.53 Å². The van der Waals surface area contributed by atoms with Gasteiger partial charge in [0, 0.05) is 32.2 Å². The van der Waals surface area contributed by atoms with Crippen LogP contribution < -0.4 is 10.6 Å². The fraction of sp³-hybridized carbons (Fsp3) is 0.909. The van der Waals surface area contributed by atoms with Crippen LogP contribution in [0.5, 0.6) is 0 Å². The number of nitrogens with one attached hydrogen (secondary N) is 2. The summed E-state index contributed by atoms with van der Waals surface area (Å²) in [7, 11) is 0. The second kappa shape index (κ2) is 5.47. The van der Waals surface area contributed by atoms with Gasteiger partial charge in [0.25, 0.3) is 0 Å². The molecule has 1 amide bonds. The van der Waals surface area contributed by atoms with Gasteiger partial charge in [-0.15, -0.1) is 0 Å². The van der Waals surface area contributed by atoms with E-state index in [1.807, 2.05) is 0 Å². The predicted octanol–water partition coefficient (Wildman–Crippen LogP) is 0.139.